The number of aryl methyl sites for hydroxylation is 1. The Labute approximate surface area is 225 Å². The summed E-state index contributed by atoms with van der Waals surface area (Å²) in [4.78, 5) is 41.0. The van der Waals surface area contributed by atoms with Crippen molar-refractivity contribution in [3.8, 4) is 5.75 Å². The molecule has 1 N–H and O–H groups in total. The fourth-order valence-corrected chi connectivity index (χ4v) is 5.00. The fourth-order valence-electron chi connectivity index (χ4n) is 3.98. The summed E-state index contributed by atoms with van der Waals surface area (Å²) >= 11 is 1.37. The first-order valence-electron chi connectivity index (χ1n) is 11.7. The number of esters is 1. The molecule has 0 saturated carbocycles. The Balaban J connectivity index is 1.37. The lowest BCUT2D eigenvalue weighted by atomic mass is 10.1. The third kappa shape index (κ3) is 5.95. The smallest absolute Gasteiger partial charge is 0.336 e. The summed E-state index contributed by atoms with van der Waals surface area (Å²) in [7, 11) is 0. The van der Waals surface area contributed by atoms with Crippen molar-refractivity contribution in [2.75, 3.05) is 6.54 Å². The minimum atomic E-state index is -0.803. The highest BCUT2D eigenvalue weighted by atomic mass is 32.2. The van der Waals surface area contributed by atoms with Crippen molar-refractivity contribution in [1.82, 2.24) is 5.32 Å². The van der Waals surface area contributed by atoms with E-state index in [0.29, 0.717) is 22.2 Å². The average molecular weight is 546 g/mol. The van der Waals surface area contributed by atoms with E-state index in [9.17, 15) is 24.1 Å². The van der Waals surface area contributed by atoms with Gasteiger partial charge in [-0.25, -0.2) is 9.18 Å². The molecule has 0 aliphatic carbocycles. The molecule has 39 heavy (non-hydrogen) atoms. The molecule has 0 amide bonds. The molecule has 0 saturated heterocycles. The molecule has 11 heteroatoms. The maximum Gasteiger partial charge on any atom is 0.336 e. The van der Waals surface area contributed by atoms with Gasteiger partial charge in [0.05, 0.1) is 17.2 Å². The first kappa shape index (κ1) is 26.0. The van der Waals surface area contributed by atoms with E-state index >= 15 is 0 Å². The summed E-state index contributed by atoms with van der Waals surface area (Å²) in [6.45, 7) is 1.30. The van der Waals surface area contributed by atoms with Gasteiger partial charge in [-0.15, -0.1) is 0 Å². The Morgan fingerprint density at radius 1 is 1.13 bits per heavy atom. The van der Waals surface area contributed by atoms with Crippen molar-refractivity contribution in [3.63, 3.8) is 0 Å². The molecule has 5 rings (SSSR count). The minimum Gasteiger partial charge on any atom is -0.423 e. The van der Waals surface area contributed by atoms with Crippen LogP contribution in [-0.4, -0.2) is 28.6 Å². The van der Waals surface area contributed by atoms with Crippen LogP contribution in [-0.2, 0) is 4.79 Å². The van der Waals surface area contributed by atoms with E-state index in [0.717, 1.165) is 16.5 Å². The molecule has 3 aromatic carbocycles. The molecule has 4 aromatic rings. The van der Waals surface area contributed by atoms with Gasteiger partial charge in [0.1, 0.15) is 11.4 Å². The lowest BCUT2D eigenvalue weighted by Crippen LogP contribution is -2.34. The van der Waals surface area contributed by atoms with Crippen molar-refractivity contribution in [2.45, 2.75) is 12.4 Å². The Morgan fingerprint density at radius 2 is 1.87 bits per heavy atom. The Kier molecular flexibility index (Phi) is 7.35. The van der Waals surface area contributed by atoms with Crippen molar-refractivity contribution >= 4 is 45.0 Å². The lowest BCUT2D eigenvalue weighted by molar-refractivity contribution is -0.385. The zero-order valence-electron chi connectivity index (χ0n) is 20.4. The number of carbonyl (C=O) groups excluding carboxylic acids is 1. The number of nitro benzene ring substituents is 1. The van der Waals surface area contributed by atoms with Gasteiger partial charge < -0.3 is 9.15 Å². The molecule has 0 spiro atoms. The molecule has 1 aliphatic rings. The molecule has 196 valence electrons. The minimum absolute atomic E-state index is 0.0652. The number of benzene rings is 3. The summed E-state index contributed by atoms with van der Waals surface area (Å²) in [6.07, 6.45) is 1.89. The van der Waals surface area contributed by atoms with Gasteiger partial charge in [0, 0.05) is 34.1 Å². The first-order chi connectivity index (χ1) is 18.8. The van der Waals surface area contributed by atoms with E-state index in [1.165, 1.54) is 36.0 Å². The number of rotatable bonds is 7. The standard InChI is InChI=1S/C28H20FN3O6S/c1-16-11-26(33)37-23-14-24(22(32(35)36)12-20(16)23)38-27(34)15-30-28-31-21(17-7-9-19(29)10-8-17)13-25(39-28)18-5-3-2-4-6-18/h2-14,28,30H,15H2,1H3. The van der Waals surface area contributed by atoms with Crippen LogP contribution in [0.2, 0.25) is 0 Å². The SMILES string of the molecule is Cc1cc(=O)oc2cc(OC(=O)CNC3N=C(c4ccc(F)cc4)C=C(c4ccccc4)S3)c([N+](=O)[O-])cc12. The Hall–Kier alpha value is -4.61. The van der Waals surface area contributed by atoms with Gasteiger partial charge in [-0.1, -0.05) is 42.1 Å². The average Bonchev–Trinajstić information content (AvgIpc) is 2.92. The van der Waals surface area contributed by atoms with Gasteiger partial charge in [-0.2, -0.15) is 0 Å². The predicted molar refractivity (Wildman–Crippen MR) is 146 cm³/mol. The van der Waals surface area contributed by atoms with E-state index < -0.39 is 27.7 Å². The molecular formula is C28H20FN3O6S. The summed E-state index contributed by atoms with van der Waals surface area (Å²) in [5.41, 5.74) is 1.12. The van der Waals surface area contributed by atoms with Crippen LogP contribution >= 0.6 is 11.8 Å². The Morgan fingerprint density at radius 3 is 2.59 bits per heavy atom. The number of nitrogens with one attached hydrogen (secondary N) is 1. The van der Waals surface area contributed by atoms with Crippen LogP contribution in [0.25, 0.3) is 15.9 Å². The van der Waals surface area contributed by atoms with Gasteiger partial charge in [0.2, 0.25) is 5.75 Å². The van der Waals surface area contributed by atoms with Crippen molar-refractivity contribution in [3.05, 3.63) is 122 Å². The molecule has 0 radical (unpaired) electrons. The normalized spacial score (nSPS) is 15.0. The van der Waals surface area contributed by atoms with E-state index in [1.54, 1.807) is 19.1 Å². The Bertz CT molecular complexity index is 1700. The van der Waals surface area contributed by atoms with Crippen molar-refractivity contribution < 1.29 is 23.3 Å². The molecule has 0 bridgehead atoms. The lowest BCUT2D eigenvalue weighted by Gasteiger charge is -2.22. The molecule has 1 atom stereocenters. The van der Waals surface area contributed by atoms with E-state index in [1.807, 2.05) is 36.4 Å². The monoisotopic (exact) mass is 545 g/mol. The van der Waals surface area contributed by atoms with Crippen LogP contribution in [0.3, 0.4) is 0 Å². The van der Waals surface area contributed by atoms with Crippen LogP contribution in [0.5, 0.6) is 5.75 Å². The number of allylic oxidation sites excluding steroid dienone is 1. The van der Waals surface area contributed by atoms with Gasteiger partial charge >= 0.3 is 17.3 Å². The van der Waals surface area contributed by atoms with Gasteiger partial charge in [0.25, 0.3) is 0 Å². The number of aliphatic imine (C=N–C) groups is 1. The number of ether oxygens (including phenoxy) is 1. The second kappa shape index (κ2) is 11.0. The third-order valence-electron chi connectivity index (χ3n) is 5.83. The predicted octanol–water partition coefficient (Wildman–Crippen LogP) is 5.20. The highest BCUT2D eigenvalue weighted by molar-refractivity contribution is 8.08. The topological polar surface area (TPSA) is 124 Å². The largest absolute Gasteiger partial charge is 0.423 e. The van der Waals surface area contributed by atoms with Gasteiger partial charge in [-0.3, -0.25) is 25.2 Å². The van der Waals surface area contributed by atoms with Gasteiger partial charge in [-0.05, 0) is 48.4 Å². The molecule has 1 aliphatic heterocycles. The van der Waals surface area contributed by atoms with Gasteiger partial charge in [0.15, 0.2) is 5.50 Å². The number of nitro groups is 1. The number of fused-ring (bicyclic) bond motifs is 1. The molecule has 1 unspecified atom stereocenters. The number of hydrogen-bond acceptors (Lipinski definition) is 9. The first-order valence-corrected chi connectivity index (χ1v) is 12.6. The molecule has 9 nitrogen and oxygen atoms in total. The van der Waals surface area contributed by atoms with Crippen LogP contribution in [0.4, 0.5) is 10.1 Å². The maximum atomic E-state index is 13.5. The van der Waals surface area contributed by atoms with E-state index in [2.05, 4.69) is 10.3 Å². The number of carbonyl (C=O) groups is 1. The number of nitrogens with zero attached hydrogens (tertiary/aromatic N) is 2. The zero-order chi connectivity index (χ0) is 27.5. The van der Waals surface area contributed by atoms with Crippen LogP contribution in [0, 0.1) is 22.9 Å². The third-order valence-corrected chi connectivity index (χ3v) is 6.94. The summed E-state index contributed by atoms with van der Waals surface area (Å²) in [5, 5.41) is 15.0. The maximum absolute atomic E-state index is 13.5. The van der Waals surface area contributed by atoms with Crippen LogP contribution in [0.15, 0.2) is 93.1 Å². The quantitative estimate of drug-likeness (QED) is 0.110. The summed E-state index contributed by atoms with van der Waals surface area (Å²) < 4.78 is 23.9. The van der Waals surface area contributed by atoms with E-state index in [4.69, 9.17) is 9.15 Å². The fraction of sp³-hybridized carbons (Fsp3) is 0.107. The zero-order valence-corrected chi connectivity index (χ0v) is 21.2. The number of halogens is 1. The molecule has 1 aromatic heterocycles. The van der Waals surface area contributed by atoms with Crippen molar-refractivity contribution in [2.24, 2.45) is 4.99 Å². The second-order valence-corrected chi connectivity index (χ2v) is 9.66. The summed E-state index contributed by atoms with van der Waals surface area (Å²) in [6, 6.07) is 19.1. The van der Waals surface area contributed by atoms with Crippen LogP contribution < -0.4 is 15.7 Å². The molecule has 0 fully saturated rings. The number of thioether (sulfide) groups is 1. The van der Waals surface area contributed by atoms with Crippen LogP contribution in [0.1, 0.15) is 16.7 Å². The highest BCUT2D eigenvalue weighted by Crippen LogP contribution is 2.35. The second-order valence-electron chi connectivity index (χ2n) is 8.54. The number of hydrogen-bond donors (Lipinski definition) is 1. The van der Waals surface area contributed by atoms with E-state index in [-0.39, 0.29) is 23.7 Å². The molecule has 2 heterocycles. The summed E-state index contributed by atoms with van der Waals surface area (Å²) in [5.74, 6) is -1.52. The highest BCUT2D eigenvalue weighted by Gasteiger charge is 2.24. The van der Waals surface area contributed by atoms with Crippen molar-refractivity contribution in [1.29, 1.82) is 0 Å². The molecular weight excluding hydrogens is 525 g/mol.